The van der Waals surface area contributed by atoms with Gasteiger partial charge in [0.1, 0.15) is 0 Å². The number of hydrogen-bond acceptors (Lipinski definition) is 3. The van der Waals surface area contributed by atoms with Gasteiger partial charge in [0.15, 0.2) is 5.11 Å². The average Bonchev–Trinajstić information content (AvgIpc) is 2.19. The number of hydrogen-bond donors (Lipinski definition) is 1. The van der Waals surface area contributed by atoms with Crippen LogP contribution in [0.2, 0.25) is 0 Å². The number of thiocarbonyl (C=S) groups is 1. The first-order chi connectivity index (χ1) is 6.24. The molecule has 1 heterocycles. The third-order valence-electron chi connectivity index (χ3n) is 2.04. The zero-order chi connectivity index (χ0) is 9.68. The van der Waals surface area contributed by atoms with Crippen LogP contribution in [0.1, 0.15) is 19.3 Å². The Hall–Kier alpha value is -0.840. The molecule has 0 spiro atoms. The zero-order valence-electron chi connectivity index (χ0n) is 7.71. The second-order valence-electron chi connectivity index (χ2n) is 2.97. The van der Waals surface area contributed by atoms with E-state index in [4.69, 9.17) is 12.2 Å². The third-order valence-corrected chi connectivity index (χ3v) is 2.40. The molecule has 0 bridgehead atoms. The Labute approximate surface area is 83.2 Å². The van der Waals surface area contributed by atoms with Crippen LogP contribution in [0.5, 0.6) is 0 Å². The van der Waals surface area contributed by atoms with Crippen molar-refractivity contribution < 1.29 is 9.53 Å². The normalized spacial score (nSPS) is 16.5. The van der Waals surface area contributed by atoms with Gasteiger partial charge in [-0.25, -0.2) is 4.79 Å². The second kappa shape index (κ2) is 5.01. The van der Waals surface area contributed by atoms with E-state index in [0.29, 0.717) is 5.11 Å². The number of piperidine rings is 1. The van der Waals surface area contributed by atoms with E-state index in [0.717, 1.165) is 25.9 Å². The van der Waals surface area contributed by atoms with Crippen molar-refractivity contribution in [3.63, 3.8) is 0 Å². The fraction of sp³-hybridized carbons (Fsp3) is 0.750. The maximum atomic E-state index is 10.8. The van der Waals surface area contributed by atoms with Crippen LogP contribution in [0.4, 0.5) is 4.79 Å². The lowest BCUT2D eigenvalue weighted by Crippen LogP contribution is -2.44. The molecule has 1 amide bonds. The van der Waals surface area contributed by atoms with E-state index in [1.807, 2.05) is 4.90 Å². The number of nitrogens with zero attached hydrogens (tertiary/aromatic N) is 1. The van der Waals surface area contributed by atoms with Crippen molar-refractivity contribution >= 4 is 23.4 Å². The molecule has 1 rings (SSSR count). The number of ether oxygens (including phenoxy) is 1. The monoisotopic (exact) mass is 202 g/mol. The molecular formula is C8H14N2O2S. The molecule has 0 aliphatic carbocycles. The molecule has 0 atom stereocenters. The smallest absolute Gasteiger partial charge is 0.413 e. The average molecular weight is 202 g/mol. The summed E-state index contributed by atoms with van der Waals surface area (Å²) in [6.07, 6.45) is 3.04. The van der Waals surface area contributed by atoms with Crippen molar-refractivity contribution in [3.05, 3.63) is 0 Å². The minimum absolute atomic E-state index is 0.478. The van der Waals surface area contributed by atoms with Crippen LogP contribution < -0.4 is 5.32 Å². The predicted octanol–water partition coefficient (Wildman–Crippen LogP) is 1.11. The molecule has 0 saturated carbocycles. The Balaban J connectivity index is 2.33. The highest BCUT2D eigenvalue weighted by Crippen LogP contribution is 2.08. The Morgan fingerprint density at radius 2 is 2.00 bits per heavy atom. The molecule has 1 N–H and O–H groups in total. The zero-order valence-corrected chi connectivity index (χ0v) is 8.52. The first-order valence-electron chi connectivity index (χ1n) is 4.38. The maximum absolute atomic E-state index is 10.8. The van der Waals surface area contributed by atoms with E-state index < -0.39 is 6.09 Å². The Morgan fingerprint density at radius 1 is 1.38 bits per heavy atom. The molecule has 1 aliphatic heterocycles. The van der Waals surface area contributed by atoms with E-state index in [2.05, 4.69) is 10.1 Å². The van der Waals surface area contributed by atoms with Crippen LogP contribution in [0, 0.1) is 0 Å². The first kappa shape index (κ1) is 10.2. The topological polar surface area (TPSA) is 41.6 Å². The second-order valence-corrected chi connectivity index (χ2v) is 3.36. The summed E-state index contributed by atoms with van der Waals surface area (Å²) < 4.78 is 4.45. The lowest BCUT2D eigenvalue weighted by Gasteiger charge is -2.28. The number of carbonyl (C=O) groups excluding carboxylic acids is 1. The SMILES string of the molecule is COC(=O)NC(=S)N1CCCCC1. The van der Waals surface area contributed by atoms with Crippen molar-refractivity contribution in [1.29, 1.82) is 0 Å². The van der Waals surface area contributed by atoms with Crippen molar-refractivity contribution in [2.45, 2.75) is 19.3 Å². The fourth-order valence-electron chi connectivity index (χ4n) is 1.31. The van der Waals surface area contributed by atoms with Crippen molar-refractivity contribution in [3.8, 4) is 0 Å². The van der Waals surface area contributed by atoms with E-state index in [-0.39, 0.29) is 0 Å². The predicted molar refractivity (Wildman–Crippen MR) is 53.6 cm³/mol. The summed E-state index contributed by atoms with van der Waals surface area (Å²) in [4.78, 5) is 12.8. The molecule has 13 heavy (non-hydrogen) atoms. The summed E-state index contributed by atoms with van der Waals surface area (Å²) in [6.45, 7) is 1.87. The van der Waals surface area contributed by atoms with Crippen LogP contribution >= 0.6 is 12.2 Å². The van der Waals surface area contributed by atoms with Crippen LogP contribution in [0.15, 0.2) is 0 Å². The van der Waals surface area contributed by atoms with Crippen molar-refractivity contribution in [1.82, 2.24) is 10.2 Å². The number of methoxy groups -OCH3 is 1. The number of carbonyl (C=O) groups is 1. The van der Waals surface area contributed by atoms with Gasteiger partial charge < -0.3 is 9.64 Å². The van der Waals surface area contributed by atoms with Gasteiger partial charge in [-0.1, -0.05) is 0 Å². The van der Waals surface area contributed by atoms with Crippen molar-refractivity contribution in [2.75, 3.05) is 20.2 Å². The molecular weight excluding hydrogens is 188 g/mol. The molecule has 74 valence electrons. The number of alkyl carbamates (subject to hydrolysis) is 1. The lowest BCUT2D eigenvalue weighted by atomic mass is 10.1. The Bertz CT molecular complexity index is 202. The molecule has 0 aromatic rings. The summed E-state index contributed by atoms with van der Waals surface area (Å²) >= 11 is 5.03. The van der Waals surface area contributed by atoms with E-state index in [1.54, 1.807) is 0 Å². The van der Waals surface area contributed by atoms with Gasteiger partial charge in [-0.15, -0.1) is 0 Å². The molecule has 0 aromatic carbocycles. The highest BCUT2D eigenvalue weighted by atomic mass is 32.1. The highest BCUT2D eigenvalue weighted by molar-refractivity contribution is 7.80. The van der Waals surface area contributed by atoms with Gasteiger partial charge in [-0.3, -0.25) is 5.32 Å². The summed E-state index contributed by atoms with van der Waals surface area (Å²) in [5.74, 6) is 0. The van der Waals surface area contributed by atoms with Crippen LogP contribution in [0.3, 0.4) is 0 Å². The summed E-state index contributed by atoms with van der Waals surface area (Å²) in [5.41, 5.74) is 0. The molecule has 4 nitrogen and oxygen atoms in total. The molecule has 1 saturated heterocycles. The lowest BCUT2D eigenvalue weighted by molar-refractivity contribution is 0.175. The minimum Gasteiger partial charge on any atom is -0.453 e. The van der Waals surface area contributed by atoms with E-state index in [1.165, 1.54) is 13.5 Å². The summed E-state index contributed by atoms with van der Waals surface area (Å²) in [7, 11) is 1.33. The van der Waals surface area contributed by atoms with Gasteiger partial charge in [-0.2, -0.15) is 0 Å². The number of amides is 1. The van der Waals surface area contributed by atoms with Gasteiger partial charge in [0.25, 0.3) is 0 Å². The molecule has 0 radical (unpaired) electrons. The van der Waals surface area contributed by atoms with E-state index in [9.17, 15) is 4.79 Å². The maximum Gasteiger partial charge on any atom is 0.413 e. The number of likely N-dealkylation sites (tertiary alicyclic amines) is 1. The molecule has 0 aromatic heterocycles. The Kier molecular flexibility index (Phi) is 3.95. The molecule has 5 heteroatoms. The molecule has 1 fully saturated rings. The third kappa shape index (κ3) is 3.18. The minimum atomic E-state index is -0.490. The Morgan fingerprint density at radius 3 is 2.54 bits per heavy atom. The van der Waals surface area contributed by atoms with Gasteiger partial charge in [0.2, 0.25) is 0 Å². The van der Waals surface area contributed by atoms with Crippen LogP contribution in [-0.2, 0) is 4.74 Å². The number of nitrogens with one attached hydrogen (secondary N) is 1. The van der Waals surface area contributed by atoms with Gasteiger partial charge in [0.05, 0.1) is 7.11 Å². The quantitative estimate of drug-likeness (QED) is 0.598. The van der Waals surface area contributed by atoms with Crippen LogP contribution in [-0.4, -0.2) is 36.3 Å². The van der Waals surface area contributed by atoms with Crippen LogP contribution in [0.25, 0.3) is 0 Å². The fourth-order valence-corrected chi connectivity index (χ4v) is 1.58. The largest absolute Gasteiger partial charge is 0.453 e. The van der Waals surface area contributed by atoms with Gasteiger partial charge in [-0.05, 0) is 31.5 Å². The molecule has 0 unspecified atom stereocenters. The van der Waals surface area contributed by atoms with Gasteiger partial charge in [0, 0.05) is 13.1 Å². The first-order valence-corrected chi connectivity index (χ1v) is 4.78. The summed E-state index contributed by atoms with van der Waals surface area (Å²) in [6, 6.07) is 0. The van der Waals surface area contributed by atoms with Gasteiger partial charge >= 0.3 is 6.09 Å². The summed E-state index contributed by atoms with van der Waals surface area (Å²) in [5, 5.41) is 2.97. The number of rotatable bonds is 0. The standard InChI is InChI=1S/C8H14N2O2S/c1-12-8(11)9-7(13)10-5-3-2-4-6-10/h2-6H2,1H3,(H,9,11,13). The van der Waals surface area contributed by atoms with E-state index >= 15 is 0 Å². The van der Waals surface area contributed by atoms with Crippen molar-refractivity contribution in [2.24, 2.45) is 0 Å². The molecule has 1 aliphatic rings. The highest BCUT2D eigenvalue weighted by Gasteiger charge is 2.14.